The van der Waals surface area contributed by atoms with E-state index in [2.05, 4.69) is 9.71 Å². The second kappa shape index (κ2) is 6.47. The van der Waals surface area contributed by atoms with Crippen molar-refractivity contribution in [1.29, 1.82) is 0 Å². The molecular formula is C10H16ClN3O4S3. The number of nitrogens with zero attached hydrogens (tertiary/aromatic N) is 2. The van der Waals surface area contributed by atoms with Crippen LogP contribution in [0, 0.1) is 0 Å². The standard InChI is InChI=1S/C10H16ClN3O4S3/c1-2-20(15,16)13-8-3-5-14(6-4-8)21(17,18)9-7-12-10(11)19-9/h7-8,13H,2-6H2,1H3. The number of halogens is 1. The van der Waals surface area contributed by atoms with E-state index in [1.165, 1.54) is 10.5 Å². The maximum absolute atomic E-state index is 12.3. The SMILES string of the molecule is CCS(=O)(=O)NC1CCN(S(=O)(=O)c2cnc(Cl)s2)CC1. The number of aromatic nitrogens is 1. The molecule has 0 aromatic carbocycles. The first-order valence-corrected chi connectivity index (χ1v) is 10.6. The molecule has 0 aliphatic carbocycles. The topological polar surface area (TPSA) is 96.4 Å². The molecule has 1 aliphatic heterocycles. The minimum Gasteiger partial charge on any atom is -0.232 e. The zero-order valence-electron chi connectivity index (χ0n) is 11.3. The summed E-state index contributed by atoms with van der Waals surface area (Å²) in [6, 6.07) is -0.216. The Labute approximate surface area is 133 Å². The molecule has 21 heavy (non-hydrogen) atoms. The predicted molar refractivity (Wildman–Crippen MR) is 81.5 cm³/mol. The van der Waals surface area contributed by atoms with Crippen molar-refractivity contribution in [2.24, 2.45) is 0 Å². The highest BCUT2D eigenvalue weighted by Gasteiger charge is 2.31. The Balaban J connectivity index is 2.01. The van der Waals surface area contributed by atoms with Gasteiger partial charge >= 0.3 is 0 Å². The van der Waals surface area contributed by atoms with Crippen molar-refractivity contribution in [3.63, 3.8) is 0 Å². The molecule has 0 atom stereocenters. The van der Waals surface area contributed by atoms with Crippen molar-refractivity contribution in [2.45, 2.75) is 30.0 Å². The third-order valence-electron chi connectivity index (χ3n) is 3.23. The highest BCUT2D eigenvalue weighted by Crippen LogP contribution is 2.27. The van der Waals surface area contributed by atoms with Crippen LogP contribution in [0.25, 0.3) is 0 Å². The molecule has 1 aliphatic rings. The van der Waals surface area contributed by atoms with Gasteiger partial charge in [0.15, 0.2) is 8.68 Å². The second-order valence-corrected chi connectivity index (χ2v) is 10.5. The van der Waals surface area contributed by atoms with Crippen molar-refractivity contribution in [2.75, 3.05) is 18.8 Å². The largest absolute Gasteiger partial charge is 0.254 e. The highest BCUT2D eigenvalue weighted by molar-refractivity contribution is 7.91. The number of piperidine rings is 1. The van der Waals surface area contributed by atoms with Crippen molar-refractivity contribution in [3.05, 3.63) is 10.7 Å². The van der Waals surface area contributed by atoms with Crippen LogP contribution in [-0.4, -0.2) is 51.0 Å². The number of sulfonamides is 2. The fourth-order valence-electron chi connectivity index (χ4n) is 2.04. The summed E-state index contributed by atoms with van der Waals surface area (Å²) in [5, 5.41) is 0. The van der Waals surface area contributed by atoms with Crippen molar-refractivity contribution in [3.8, 4) is 0 Å². The van der Waals surface area contributed by atoms with Gasteiger partial charge in [0.05, 0.1) is 11.9 Å². The third kappa shape index (κ3) is 4.14. The third-order valence-corrected chi connectivity index (χ3v) is 8.13. The van der Waals surface area contributed by atoms with Crippen LogP contribution in [0.2, 0.25) is 4.47 Å². The number of thiazole rings is 1. The van der Waals surface area contributed by atoms with Gasteiger partial charge in [-0.25, -0.2) is 26.5 Å². The summed E-state index contributed by atoms with van der Waals surface area (Å²) < 4.78 is 51.9. The molecule has 0 radical (unpaired) electrons. The molecule has 2 rings (SSSR count). The zero-order valence-corrected chi connectivity index (χ0v) is 14.5. The van der Waals surface area contributed by atoms with E-state index in [1.54, 1.807) is 6.92 Å². The smallest absolute Gasteiger partial charge is 0.232 e. The van der Waals surface area contributed by atoms with Gasteiger partial charge in [-0.3, -0.25) is 0 Å². The molecule has 7 nitrogen and oxygen atoms in total. The average molecular weight is 374 g/mol. The summed E-state index contributed by atoms with van der Waals surface area (Å²) in [5.41, 5.74) is 0. The first-order valence-electron chi connectivity index (χ1n) is 6.36. The van der Waals surface area contributed by atoms with Crippen LogP contribution in [0.15, 0.2) is 10.4 Å². The van der Waals surface area contributed by atoms with Gasteiger partial charge in [0.25, 0.3) is 10.0 Å². The van der Waals surface area contributed by atoms with Gasteiger partial charge in [0.2, 0.25) is 10.0 Å². The van der Waals surface area contributed by atoms with Gasteiger partial charge < -0.3 is 0 Å². The van der Waals surface area contributed by atoms with Gasteiger partial charge in [-0.2, -0.15) is 4.31 Å². The van der Waals surface area contributed by atoms with Gasteiger partial charge in [-0.1, -0.05) is 22.9 Å². The van der Waals surface area contributed by atoms with Crippen LogP contribution < -0.4 is 4.72 Å². The van der Waals surface area contributed by atoms with Gasteiger partial charge in [0, 0.05) is 19.1 Å². The molecule has 1 saturated heterocycles. The van der Waals surface area contributed by atoms with Crippen LogP contribution in [0.3, 0.4) is 0 Å². The van der Waals surface area contributed by atoms with E-state index in [4.69, 9.17) is 11.6 Å². The Morgan fingerprint density at radius 1 is 1.38 bits per heavy atom. The fourth-order valence-corrected chi connectivity index (χ4v) is 5.87. The summed E-state index contributed by atoms with van der Waals surface area (Å²) >= 11 is 6.58. The molecule has 11 heteroatoms. The molecule has 1 aromatic heterocycles. The van der Waals surface area contributed by atoms with Crippen molar-refractivity contribution >= 4 is 43.0 Å². The Bertz CT molecular complexity index is 693. The number of nitrogens with one attached hydrogen (secondary N) is 1. The highest BCUT2D eigenvalue weighted by atomic mass is 35.5. The van der Waals surface area contributed by atoms with Crippen molar-refractivity contribution < 1.29 is 16.8 Å². The zero-order chi connectivity index (χ0) is 15.7. The van der Waals surface area contributed by atoms with E-state index in [9.17, 15) is 16.8 Å². The molecule has 2 heterocycles. The average Bonchev–Trinajstić information content (AvgIpc) is 2.86. The monoisotopic (exact) mass is 373 g/mol. The normalized spacial score (nSPS) is 19.0. The number of rotatable bonds is 5. The van der Waals surface area contributed by atoms with E-state index >= 15 is 0 Å². The summed E-state index contributed by atoms with van der Waals surface area (Å²) in [5.74, 6) is 0.0187. The van der Waals surface area contributed by atoms with Crippen LogP contribution in [0.4, 0.5) is 0 Å². The Morgan fingerprint density at radius 3 is 2.48 bits per heavy atom. The minimum atomic E-state index is -3.59. The molecule has 1 fully saturated rings. The van der Waals surface area contributed by atoms with E-state index in [1.807, 2.05) is 0 Å². The molecule has 0 amide bonds. The fraction of sp³-hybridized carbons (Fsp3) is 0.700. The van der Waals surface area contributed by atoms with Crippen LogP contribution in [-0.2, 0) is 20.0 Å². The minimum absolute atomic E-state index is 0.0187. The lowest BCUT2D eigenvalue weighted by Crippen LogP contribution is -2.46. The van der Waals surface area contributed by atoms with E-state index in [-0.39, 0.29) is 33.6 Å². The van der Waals surface area contributed by atoms with Crippen LogP contribution in [0.1, 0.15) is 19.8 Å². The van der Waals surface area contributed by atoms with E-state index in [0.717, 1.165) is 11.3 Å². The quantitative estimate of drug-likeness (QED) is 0.826. The molecule has 0 saturated carbocycles. The molecule has 0 unspecified atom stereocenters. The molecule has 0 spiro atoms. The summed E-state index contributed by atoms with van der Waals surface area (Å²) in [4.78, 5) is 3.74. The number of hydrogen-bond donors (Lipinski definition) is 1. The molecule has 120 valence electrons. The molecule has 1 aromatic rings. The van der Waals surface area contributed by atoms with Crippen LogP contribution in [0.5, 0.6) is 0 Å². The maximum Gasteiger partial charge on any atom is 0.254 e. The summed E-state index contributed by atoms with van der Waals surface area (Å²) in [7, 11) is -6.85. The van der Waals surface area contributed by atoms with Gasteiger partial charge in [-0.05, 0) is 19.8 Å². The Morgan fingerprint density at radius 2 is 2.00 bits per heavy atom. The van der Waals surface area contributed by atoms with Gasteiger partial charge in [0.1, 0.15) is 0 Å². The van der Waals surface area contributed by atoms with E-state index < -0.39 is 20.0 Å². The second-order valence-electron chi connectivity index (χ2n) is 4.63. The summed E-state index contributed by atoms with van der Waals surface area (Å²) in [6.45, 7) is 2.11. The first kappa shape index (κ1) is 17.1. The van der Waals surface area contributed by atoms with Crippen molar-refractivity contribution in [1.82, 2.24) is 14.0 Å². The Hall–Kier alpha value is -0.260. The molecule has 1 N–H and O–H groups in total. The lowest BCUT2D eigenvalue weighted by molar-refractivity contribution is 0.309. The van der Waals surface area contributed by atoms with Crippen LogP contribution >= 0.6 is 22.9 Å². The van der Waals surface area contributed by atoms with E-state index in [0.29, 0.717) is 12.8 Å². The number of hydrogen-bond acceptors (Lipinski definition) is 6. The lowest BCUT2D eigenvalue weighted by Gasteiger charge is -2.30. The Kier molecular flexibility index (Phi) is 5.27. The maximum atomic E-state index is 12.3. The first-order chi connectivity index (χ1) is 9.74. The lowest BCUT2D eigenvalue weighted by atomic mass is 10.1. The summed E-state index contributed by atoms with van der Waals surface area (Å²) in [6.07, 6.45) is 2.14. The predicted octanol–water partition coefficient (Wildman–Crippen LogP) is 0.889. The van der Waals surface area contributed by atoms with Gasteiger partial charge in [-0.15, -0.1) is 0 Å². The molecular weight excluding hydrogens is 358 g/mol. The molecule has 0 bridgehead atoms.